The van der Waals surface area contributed by atoms with E-state index in [4.69, 9.17) is 4.74 Å². The van der Waals surface area contributed by atoms with E-state index in [1.807, 2.05) is 72.2 Å². The molecule has 0 unspecified atom stereocenters. The van der Waals surface area contributed by atoms with Crippen LogP contribution < -0.4 is 10.1 Å². The average molecular weight is 460 g/mol. The zero-order valence-corrected chi connectivity index (χ0v) is 19.4. The van der Waals surface area contributed by atoms with Crippen LogP contribution in [0, 0.1) is 6.92 Å². The Morgan fingerprint density at radius 1 is 1.03 bits per heavy atom. The van der Waals surface area contributed by atoms with Gasteiger partial charge in [-0.3, -0.25) is 14.3 Å². The third-order valence-electron chi connectivity index (χ3n) is 5.11. The van der Waals surface area contributed by atoms with Crippen LogP contribution >= 0.6 is 11.8 Å². The van der Waals surface area contributed by atoms with Gasteiger partial charge in [-0.15, -0.1) is 10.2 Å². The molecule has 7 nitrogen and oxygen atoms in total. The number of pyridine rings is 1. The molecule has 2 aromatic heterocycles. The first-order valence-electron chi connectivity index (χ1n) is 10.6. The number of aryl methyl sites for hydroxylation is 1. The van der Waals surface area contributed by atoms with Gasteiger partial charge in [-0.05, 0) is 49.2 Å². The smallest absolute Gasteiger partial charge is 0.230 e. The first-order valence-corrected chi connectivity index (χ1v) is 11.6. The molecule has 0 radical (unpaired) electrons. The molecule has 0 aliphatic carbocycles. The molecule has 8 heteroatoms. The van der Waals surface area contributed by atoms with Crippen LogP contribution in [0.2, 0.25) is 0 Å². The van der Waals surface area contributed by atoms with Crippen molar-refractivity contribution in [2.45, 2.75) is 18.5 Å². The fraction of sp³-hybridized carbons (Fsp3) is 0.200. The molecule has 168 valence electrons. The second-order valence-corrected chi connectivity index (χ2v) is 8.36. The summed E-state index contributed by atoms with van der Waals surface area (Å²) in [6, 6.07) is 19.8. The van der Waals surface area contributed by atoms with Crippen LogP contribution in [0.15, 0.2) is 78.2 Å². The number of ether oxygens (including phenoxy) is 1. The topological polar surface area (TPSA) is 81.9 Å². The van der Waals surface area contributed by atoms with E-state index in [0.717, 1.165) is 22.6 Å². The molecular weight excluding hydrogens is 434 g/mol. The number of carbonyl (C=O) groups excluding carboxylic acids is 1. The number of amides is 1. The van der Waals surface area contributed by atoms with E-state index in [9.17, 15) is 4.79 Å². The van der Waals surface area contributed by atoms with E-state index >= 15 is 0 Å². The average Bonchev–Trinajstić information content (AvgIpc) is 3.28. The van der Waals surface area contributed by atoms with Gasteiger partial charge in [-0.25, -0.2) is 0 Å². The third kappa shape index (κ3) is 5.59. The maximum atomic E-state index is 12.5. The summed E-state index contributed by atoms with van der Waals surface area (Å²) in [6.45, 7) is 2.58. The van der Waals surface area contributed by atoms with Crippen LogP contribution in [0.3, 0.4) is 0 Å². The number of rotatable bonds is 9. The van der Waals surface area contributed by atoms with Crippen molar-refractivity contribution < 1.29 is 9.53 Å². The summed E-state index contributed by atoms with van der Waals surface area (Å²) >= 11 is 1.36. The lowest BCUT2D eigenvalue weighted by atomic mass is 10.1. The van der Waals surface area contributed by atoms with Crippen LogP contribution in [0.25, 0.3) is 17.1 Å². The van der Waals surface area contributed by atoms with Gasteiger partial charge in [-0.2, -0.15) is 0 Å². The lowest BCUT2D eigenvalue weighted by molar-refractivity contribution is -0.118. The number of carbonyl (C=O) groups is 1. The molecule has 0 spiro atoms. The van der Waals surface area contributed by atoms with Gasteiger partial charge in [0.1, 0.15) is 5.75 Å². The molecule has 4 rings (SSSR count). The van der Waals surface area contributed by atoms with Crippen molar-refractivity contribution in [2.75, 3.05) is 19.4 Å². The Bertz CT molecular complexity index is 1210. The number of para-hydroxylation sites is 1. The number of methoxy groups -OCH3 is 1. The maximum Gasteiger partial charge on any atom is 0.230 e. The Morgan fingerprint density at radius 3 is 2.55 bits per heavy atom. The number of thioether (sulfide) groups is 1. The predicted molar refractivity (Wildman–Crippen MR) is 130 cm³/mol. The number of nitrogens with zero attached hydrogens (tertiary/aromatic N) is 4. The number of hydrogen-bond acceptors (Lipinski definition) is 6. The summed E-state index contributed by atoms with van der Waals surface area (Å²) in [5.74, 6) is 1.72. The number of benzene rings is 2. The Kier molecular flexibility index (Phi) is 7.36. The zero-order valence-electron chi connectivity index (χ0n) is 18.6. The quantitative estimate of drug-likeness (QED) is 0.380. The van der Waals surface area contributed by atoms with E-state index in [1.165, 1.54) is 17.3 Å². The summed E-state index contributed by atoms with van der Waals surface area (Å²) in [5, 5.41) is 12.4. The van der Waals surface area contributed by atoms with Gasteiger partial charge in [0.15, 0.2) is 11.0 Å². The molecule has 0 bridgehead atoms. The monoisotopic (exact) mass is 459 g/mol. The zero-order chi connectivity index (χ0) is 23.0. The summed E-state index contributed by atoms with van der Waals surface area (Å²) in [5.41, 5.74) is 4.08. The number of nitrogens with one attached hydrogen (secondary N) is 1. The Hall–Kier alpha value is -3.65. The standard InChI is InChI=1S/C25H25N5O2S/c1-18-7-9-21(10-8-18)30-24(20-11-14-26-15-12-20)28-29-25(30)33-17-23(31)27-16-13-19-5-3-4-6-22(19)32-2/h3-12,14-15H,13,16-17H2,1-2H3,(H,27,31). The fourth-order valence-corrected chi connectivity index (χ4v) is 4.19. The summed E-state index contributed by atoms with van der Waals surface area (Å²) < 4.78 is 7.34. The van der Waals surface area contributed by atoms with Gasteiger partial charge in [0.25, 0.3) is 0 Å². The van der Waals surface area contributed by atoms with E-state index in [1.54, 1.807) is 19.5 Å². The highest BCUT2D eigenvalue weighted by Gasteiger charge is 2.17. The van der Waals surface area contributed by atoms with E-state index < -0.39 is 0 Å². The van der Waals surface area contributed by atoms with Gasteiger partial charge in [0.2, 0.25) is 5.91 Å². The minimum Gasteiger partial charge on any atom is -0.496 e. The molecule has 0 saturated carbocycles. The highest BCUT2D eigenvalue weighted by molar-refractivity contribution is 7.99. The summed E-state index contributed by atoms with van der Waals surface area (Å²) in [4.78, 5) is 16.6. The van der Waals surface area contributed by atoms with Crippen LogP contribution in [0.5, 0.6) is 5.75 Å². The molecule has 4 aromatic rings. The van der Waals surface area contributed by atoms with Gasteiger partial charge in [0.05, 0.1) is 12.9 Å². The van der Waals surface area contributed by atoms with Gasteiger partial charge in [0, 0.05) is 30.2 Å². The molecule has 0 atom stereocenters. The van der Waals surface area contributed by atoms with Crippen molar-refractivity contribution in [2.24, 2.45) is 0 Å². The predicted octanol–water partition coefficient (Wildman–Crippen LogP) is 4.10. The minimum absolute atomic E-state index is 0.0567. The highest BCUT2D eigenvalue weighted by atomic mass is 32.2. The van der Waals surface area contributed by atoms with Crippen molar-refractivity contribution in [3.8, 4) is 22.8 Å². The third-order valence-corrected chi connectivity index (χ3v) is 6.03. The van der Waals surface area contributed by atoms with Crippen molar-refractivity contribution in [3.05, 3.63) is 84.2 Å². The van der Waals surface area contributed by atoms with E-state index in [2.05, 4.69) is 20.5 Å². The van der Waals surface area contributed by atoms with Crippen LogP contribution in [-0.2, 0) is 11.2 Å². The minimum atomic E-state index is -0.0567. The van der Waals surface area contributed by atoms with Gasteiger partial charge >= 0.3 is 0 Å². The van der Waals surface area contributed by atoms with E-state index in [0.29, 0.717) is 23.9 Å². The van der Waals surface area contributed by atoms with Crippen molar-refractivity contribution in [1.29, 1.82) is 0 Å². The molecule has 1 N–H and O–H groups in total. The van der Waals surface area contributed by atoms with E-state index in [-0.39, 0.29) is 11.7 Å². The summed E-state index contributed by atoms with van der Waals surface area (Å²) in [6.07, 6.45) is 4.16. The normalized spacial score (nSPS) is 10.7. The molecular formula is C25H25N5O2S. The van der Waals surface area contributed by atoms with Gasteiger partial charge in [-0.1, -0.05) is 47.7 Å². The lowest BCUT2D eigenvalue weighted by Crippen LogP contribution is -2.27. The number of hydrogen-bond donors (Lipinski definition) is 1. The molecule has 33 heavy (non-hydrogen) atoms. The second kappa shape index (κ2) is 10.8. The maximum absolute atomic E-state index is 12.5. The van der Waals surface area contributed by atoms with Crippen LogP contribution in [-0.4, -0.2) is 45.1 Å². The SMILES string of the molecule is COc1ccccc1CCNC(=O)CSc1nnc(-c2ccncc2)n1-c1ccc(C)cc1. The Morgan fingerprint density at radius 2 is 1.79 bits per heavy atom. The molecule has 2 heterocycles. The highest BCUT2D eigenvalue weighted by Crippen LogP contribution is 2.27. The van der Waals surface area contributed by atoms with Crippen molar-refractivity contribution >= 4 is 17.7 Å². The molecule has 2 aromatic carbocycles. The second-order valence-electron chi connectivity index (χ2n) is 7.41. The van der Waals surface area contributed by atoms with Gasteiger partial charge < -0.3 is 10.1 Å². The first kappa shape index (κ1) is 22.5. The fourth-order valence-electron chi connectivity index (χ4n) is 3.41. The summed E-state index contributed by atoms with van der Waals surface area (Å²) in [7, 11) is 1.65. The molecule has 0 aliphatic rings. The largest absolute Gasteiger partial charge is 0.496 e. The lowest BCUT2D eigenvalue weighted by Gasteiger charge is -2.11. The first-order chi connectivity index (χ1) is 16.2. The Labute approximate surface area is 197 Å². The molecule has 0 fully saturated rings. The molecule has 1 amide bonds. The number of aromatic nitrogens is 4. The van der Waals surface area contributed by atoms with Crippen LogP contribution in [0.1, 0.15) is 11.1 Å². The Balaban J connectivity index is 1.45. The molecule has 0 saturated heterocycles. The van der Waals surface area contributed by atoms with Crippen LogP contribution in [0.4, 0.5) is 0 Å². The van der Waals surface area contributed by atoms with Crippen molar-refractivity contribution in [1.82, 2.24) is 25.1 Å². The molecule has 0 aliphatic heterocycles. The van der Waals surface area contributed by atoms with Crippen molar-refractivity contribution in [3.63, 3.8) is 0 Å².